The molecule has 0 saturated heterocycles. The Morgan fingerprint density at radius 3 is 1.10 bits per heavy atom. The van der Waals surface area contributed by atoms with Crippen LogP contribution < -0.4 is 0 Å². The van der Waals surface area contributed by atoms with E-state index < -0.39 is 6.10 Å². The van der Waals surface area contributed by atoms with Crippen LogP contribution in [0.3, 0.4) is 0 Å². The smallest absolute Gasteiger partial charge is 0.306 e. The minimum atomic E-state index is -0.563. The maximum Gasteiger partial charge on any atom is 0.306 e. The fraction of sp³-hybridized carbons (Fsp3) is 0.714. The molecule has 1 unspecified atom stereocenters. The summed E-state index contributed by atoms with van der Waals surface area (Å²) in [5.41, 5.74) is 0. The van der Waals surface area contributed by atoms with Crippen LogP contribution in [-0.2, 0) is 23.8 Å². The Bertz CT molecular complexity index is 1300. The first-order valence-corrected chi connectivity index (χ1v) is 28.8. The van der Waals surface area contributed by atoms with Gasteiger partial charge in [-0.15, -0.1) is 0 Å². The highest BCUT2D eigenvalue weighted by Gasteiger charge is 2.17. The topological polar surface area (TPSA) is 61.8 Å². The molecule has 0 fully saturated rings. The van der Waals surface area contributed by atoms with E-state index in [1.54, 1.807) is 0 Å². The molecule has 0 heterocycles. The van der Waals surface area contributed by atoms with Gasteiger partial charge in [-0.2, -0.15) is 0 Å². The third-order valence-electron chi connectivity index (χ3n) is 12.1. The van der Waals surface area contributed by atoms with Crippen molar-refractivity contribution >= 4 is 11.9 Å². The molecular weight excluding hydrogens is 837 g/mol. The average molecular weight is 946 g/mol. The van der Waals surface area contributed by atoms with E-state index in [-0.39, 0.29) is 25.2 Å². The first kappa shape index (κ1) is 64.8. The fourth-order valence-corrected chi connectivity index (χ4v) is 7.80. The molecular formula is C63H108O5. The highest BCUT2D eigenvalue weighted by molar-refractivity contribution is 5.70. The van der Waals surface area contributed by atoms with Gasteiger partial charge >= 0.3 is 11.9 Å². The summed E-state index contributed by atoms with van der Waals surface area (Å²) in [5.74, 6) is -0.429. The van der Waals surface area contributed by atoms with Crippen molar-refractivity contribution in [3.63, 3.8) is 0 Å². The third kappa shape index (κ3) is 55.4. The molecule has 0 radical (unpaired) electrons. The molecule has 0 amide bonds. The maximum absolute atomic E-state index is 12.9. The molecule has 0 aromatic heterocycles. The summed E-state index contributed by atoms with van der Waals surface area (Å²) in [7, 11) is 0. The van der Waals surface area contributed by atoms with Crippen LogP contribution in [0.15, 0.2) is 97.2 Å². The normalized spacial score (nSPS) is 12.9. The molecule has 0 aliphatic carbocycles. The number of allylic oxidation sites excluding steroid dienone is 16. The van der Waals surface area contributed by atoms with Crippen molar-refractivity contribution in [2.24, 2.45) is 0 Å². The number of hydrogen-bond acceptors (Lipinski definition) is 5. The zero-order valence-corrected chi connectivity index (χ0v) is 44.8. The van der Waals surface area contributed by atoms with Crippen LogP contribution in [0.1, 0.15) is 265 Å². The molecule has 0 aromatic rings. The highest BCUT2D eigenvalue weighted by Crippen LogP contribution is 2.14. The van der Waals surface area contributed by atoms with Crippen molar-refractivity contribution in [3.8, 4) is 0 Å². The first-order valence-electron chi connectivity index (χ1n) is 28.8. The molecule has 0 N–H and O–H groups in total. The summed E-state index contributed by atoms with van der Waals surface area (Å²) in [6.45, 7) is 7.62. The quantitative estimate of drug-likeness (QED) is 0.0345. The number of rotatable bonds is 52. The summed E-state index contributed by atoms with van der Waals surface area (Å²) < 4.78 is 17.4. The Labute approximate surface area is 422 Å². The fourth-order valence-electron chi connectivity index (χ4n) is 7.80. The second-order valence-electron chi connectivity index (χ2n) is 18.8. The van der Waals surface area contributed by atoms with Crippen LogP contribution in [0, 0.1) is 0 Å². The Morgan fingerprint density at radius 2 is 0.662 bits per heavy atom. The van der Waals surface area contributed by atoms with Gasteiger partial charge in [0.25, 0.3) is 0 Å². The SMILES string of the molecule is CC/C=C\C/C=C\C/C=C\C/C=C\C/C=C\CCCCCCOCC(COC(=O)CCCCCCCCC/C=C\C/C=C\CCCCC)OC(=O)CCCCCCC/C=C\CCCCCCCC. The zero-order chi connectivity index (χ0) is 49.2. The van der Waals surface area contributed by atoms with Crippen LogP contribution in [0.25, 0.3) is 0 Å². The lowest BCUT2D eigenvalue weighted by molar-refractivity contribution is -0.163. The van der Waals surface area contributed by atoms with Gasteiger partial charge in [-0.1, -0.05) is 227 Å². The summed E-state index contributed by atoms with van der Waals surface area (Å²) in [6.07, 6.45) is 78.5. The van der Waals surface area contributed by atoms with Crippen molar-refractivity contribution in [2.45, 2.75) is 271 Å². The van der Waals surface area contributed by atoms with Gasteiger partial charge in [-0.25, -0.2) is 0 Å². The van der Waals surface area contributed by atoms with E-state index in [9.17, 15) is 9.59 Å². The predicted octanol–water partition coefficient (Wildman–Crippen LogP) is 19.8. The lowest BCUT2D eigenvalue weighted by atomic mass is 10.1. The number of ether oxygens (including phenoxy) is 3. The third-order valence-corrected chi connectivity index (χ3v) is 12.1. The van der Waals surface area contributed by atoms with E-state index in [0.29, 0.717) is 19.4 Å². The lowest BCUT2D eigenvalue weighted by Gasteiger charge is -2.18. The molecule has 0 rings (SSSR count). The highest BCUT2D eigenvalue weighted by atomic mass is 16.6. The minimum absolute atomic E-state index is 0.0634. The number of hydrogen-bond donors (Lipinski definition) is 0. The van der Waals surface area contributed by atoms with Crippen LogP contribution >= 0.6 is 0 Å². The number of carbonyl (C=O) groups excluding carboxylic acids is 2. The van der Waals surface area contributed by atoms with Crippen molar-refractivity contribution in [1.82, 2.24) is 0 Å². The summed E-state index contributed by atoms with van der Waals surface area (Å²) in [4.78, 5) is 25.5. The van der Waals surface area contributed by atoms with Crippen molar-refractivity contribution in [1.29, 1.82) is 0 Å². The van der Waals surface area contributed by atoms with Gasteiger partial charge < -0.3 is 14.2 Å². The second kappa shape index (κ2) is 58.1. The molecule has 0 aliphatic rings. The molecule has 5 nitrogen and oxygen atoms in total. The van der Waals surface area contributed by atoms with E-state index in [4.69, 9.17) is 14.2 Å². The second-order valence-corrected chi connectivity index (χ2v) is 18.8. The Morgan fingerprint density at radius 1 is 0.338 bits per heavy atom. The largest absolute Gasteiger partial charge is 0.462 e. The van der Waals surface area contributed by atoms with Crippen LogP contribution in [0.4, 0.5) is 0 Å². The molecule has 1 atom stereocenters. The van der Waals surface area contributed by atoms with E-state index in [0.717, 1.165) is 103 Å². The van der Waals surface area contributed by atoms with Gasteiger partial charge in [-0.3, -0.25) is 9.59 Å². The molecule has 0 bridgehead atoms. The van der Waals surface area contributed by atoms with Gasteiger partial charge in [0.2, 0.25) is 0 Å². The summed E-state index contributed by atoms with van der Waals surface area (Å²) in [6, 6.07) is 0. The van der Waals surface area contributed by atoms with E-state index >= 15 is 0 Å². The molecule has 0 aromatic carbocycles. The summed E-state index contributed by atoms with van der Waals surface area (Å²) >= 11 is 0. The minimum Gasteiger partial charge on any atom is -0.462 e. The van der Waals surface area contributed by atoms with E-state index in [1.807, 2.05) is 0 Å². The Kier molecular flexibility index (Phi) is 55.4. The standard InChI is InChI=1S/C63H108O5/c1-4-7-10-13-16-19-22-25-28-30-31-32-34-37-40-43-46-49-52-55-58-66-59-61(68-63(65)57-54-51-48-45-42-39-35-27-24-21-18-15-12-9-6-3)60-67-62(64)56-53-50-47-44-41-38-36-33-29-26-23-20-17-14-11-8-5-2/h7,10,16-17,19-20,25-29,31-32,35,37,40,61H,4-6,8-9,11-15,18,21-24,30,33-34,36,38-39,41-60H2,1-3H3/b10-7-,19-16-,20-17-,28-25-,29-26-,32-31-,35-27-,40-37-. The van der Waals surface area contributed by atoms with Crippen LogP contribution in [0.2, 0.25) is 0 Å². The molecule has 0 spiro atoms. The number of carbonyl (C=O) groups is 2. The van der Waals surface area contributed by atoms with Crippen molar-refractivity contribution in [2.75, 3.05) is 19.8 Å². The van der Waals surface area contributed by atoms with Crippen molar-refractivity contribution in [3.05, 3.63) is 97.2 Å². The van der Waals surface area contributed by atoms with E-state index in [2.05, 4.69) is 118 Å². The molecule has 0 aliphatic heterocycles. The number of unbranched alkanes of at least 4 members (excludes halogenated alkanes) is 25. The van der Waals surface area contributed by atoms with Gasteiger partial charge in [0, 0.05) is 19.4 Å². The average Bonchev–Trinajstić information content (AvgIpc) is 3.34. The Balaban J connectivity index is 4.36. The molecule has 0 saturated carbocycles. The molecule has 390 valence electrons. The molecule has 5 heteroatoms. The van der Waals surface area contributed by atoms with E-state index in [1.165, 1.54) is 128 Å². The monoisotopic (exact) mass is 945 g/mol. The van der Waals surface area contributed by atoms with Crippen LogP contribution in [0.5, 0.6) is 0 Å². The zero-order valence-electron chi connectivity index (χ0n) is 44.8. The lowest BCUT2D eigenvalue weighted by Crippen LogP contribution is -2.30. The maximum atomic E-state index is 12.9. The van der Waals surface area contributed by atoms with Crippen LogP contribution in [-0.4, -0.2) is 37.9 Å². The van der Waals surface area contributed by atoms with Gasteiger partial charge in [-0.05, 0) is 122 Å². The van der Waals surface area contributed by atoms with Crippen molar-refractivity contribution < 1.29 is 23.8 Å². The van der Waals surface area contributed by atoms with Gasteiger partial charge in [0.05, 0.1) is 6.61 Å². The first-order chi connectivity index (χ1) is 33.6. The Hall–Kier alpha value is -3.18. The summed E-state index contributed by atoms with van der Waals surface area (Å²) in [5, 5.41) is 0. The molecule has 68 heavy (non-hydrogen) atoms. The van der Waals surface area contributed by atoms with Gasteiger partial charge in [0.1, 0.15) is 6.61 Å². The predicted molar refractivity (Wildman–Crippen MR) is 297 cm³/mol. The number of esters is 2. The van der Waals surface area contributed by atoms with Gasteiger partial charge in [0.15, 0.2) is 6.10 Å².